The summed E-state index contributed by atoms with van der Waals surface area (Å²) in [7, 11) is 0. The van der Waals surface area contributed by atoms with Crippen LogP contribution in [0.3, 0.4) is 0 Å². The molecule has 21 heavy (non-hydrogen) atoms. The summed E-state index contributed by atoms with van der Waals surface area (Å²) in [5.74, 6) is -0.728. The van der Waals surface area contributed by atoms with Gasteiger partial charge < -0.3 is 10.4 Å². The molecule has 1 amide bonds. The molecule has 0 aromatic rings. The van der Waals surface area contributed by atoms with Gasteiger partial charge in [-0.3, -0.25) is 9.59 Å². The molecule has 4 heteroatoms. The SMILES string of the molecule is CC1(CNC(=O)CC2(CC(=O)O)CCCC2)CCCCC1. The number of carboxylic acid groups (broad SMARTS) is 1. The summed E-state index contributed by atoms with van der Waals surface area (Å²) in [4.78, 5) is 23.3. The van der Waals surface area contributed by atoms with Crippen LogP contribution in [-0.4, -0.2) is 23.5 Å². The highest BCUT2D eigenvalue weighted by atomic mass is 16.4. The highest BCUT2D eigenvalue weighted by Gasteiger charge is 2.38. The van der Waals surface area contributed by atoms with E-state index in [1.165, 1.54) is 32.1 Å². The van der Waals surface area contributed by atoms with Crippen molar-refractivity contribution in [2.24, 2.45) is 10.8 Å². The van der Waals surface area contributed by atoms with Crippen molar-refractivity contribution in [1.29, 1.82) is 0 Å². The van der Waals surface area contributed by atoms with Crippen LogP contribution in [0, 0.1) is 10.8 Å². The van der Waals surface area contributed by atoms with Crippen molar-refractivity contribution in [1.82, 2.24) is 5.32 Å². The molecule has 0 heterocycles. The van der Waals surface area contributed by atoms with Crippen molar-refractivity contribution in [3.63, 3.8) is 0 Å². The minimum absolute atomic E-state index is 0.0462. The quantitative estimate of drug-likeness (QED) is 0.788. The van der Waals surface area contributed by atoms with Gasteiger partial charge in [-0.05, 0) is 36.5 Å². The second-order valence-corrected chi connectivity index (χ2v) is 7.60. The molecule has 120 valence electrons. The largest absolute Gasteiger partial charge is 0.481 e. The van der Waals surface area contributed by atoms with Gasteiger partial charge in [0.15, 0.2) is 0 Å². The fraction of sp³-hybridized carbons (Fsp3) is 0.882. The lowest BCUT2D eigenvalue weighted by molar-refractivity contribution is -0.140. The van der Waals surface area contributed by atoms with Gasteiger partial charge in [0.2, 0.25) is 5.91 Å². The van der Waals surface area contributed by atoms with Gasteiger partial charge >= 0.3 is 5.97 Å². The Kier molecular flexibility index (Phi) is 5.28. The van der Waals surface area contributed by atoms with Crippen LogP contribution in [0.1, 0.15) is 77.6 Å². The second kappa shape index (κ2) is 6.80. The first-order valence-corrected chi connectivity index (χ1v) is 8.42. The lowest BCUT2D eigenvalue weighted by Gasteiger charge is -2.34. The molecule has 0 spiro atoms. The number of hydrogen-bond acceptors (Lipinski definition) is 2. The van der Waals surface area contributed by atoms with Gasteiger partial charge in [-0.15, -0.1) is 0 Å². The summed E-state index contributed by atoms with van der Waals surface area (Å²) < 4.78 is 0. The third-order valence-corrected chi connectivity index (χ3v) is 5.50. The van der Waals surface area contributed by atoms with Crippen LogP contribution in [0.5, 0.6) is 0 Å². The van der Waals surface area contributed by atoms with Crippen molar-refractivity contribution in [3.8, 4) is 0 Å². The van der Waals surface area contributed by atoms with Gasteiger partial charge in [0.1, 0.15) is 0 Å². The maximum atomic E-state index is 12.3. The molecule has 2 fully saturated rings. The summed E-state index contributed by atoms with van der Waals surface area (Å²) in [6, 6.07) is 0. The third-order valence-electron chi connectivity index (χ3n) is 5.50. The number of carbonyl (C=O) groups excluding carboxylic acids is 1. The van der Waals surface area contributed by atoms with E-state index < -0.39 is 5.97 Å². The highest BCUT2D eigenvalue weighted by Crippen LogP contribution is 2.44. The Balaban J connectivity index is 1.83. The van der Waals surface area contributed by atoms with Crippen LogP contribution in [0.4, 0.5) is 0 Å². The average molecular weight is 295 g/mol. The molecule has 0 bridgehead atoms. The van der Waals surface area contributed by atoms with Gasteiger partial charge in [0, 0.05) is 13.0 Å². The Labute approximate surface area is 127 Å². The topological polar surface area (TPSA) is 66.4 Å². The molecule has 2 aliphatic carbocycles. The smallest absolute Gasteiger partial charge is 0.303 e. The van der Waals surface area contributed by atoms with Crippen LogP contribution in [0.15, 0.2) is 0 Å². The number of hydrogen-bond donors (Lipinski definition) is 2. The Hall–Kier alpha value is -1.06. The maximum absolute atomic E-state index is 12.3. The van der Waals surface area contributed by atoms with Gasteiger partial charge in [-0.1, -0.05) is 39.0 Å². The Morgan fingerprint density at radius 3 is 2.10 bits per heavy atom. The van der Waals surface area contributed by atoms with Gasteiger partial charge in [-0.2, -0.15) is 0 Å². The Bertz CT molecular complexity index is 379. The molecule has 0 radical (unpaired) electrons. The zero-order chi connectivity index (χ0) is 15.3. The van der Waals surface area contributed by atoms with Crippen LogP contribution in [0.25, 0.3) is 0 Å². The number of carbonyl (C=O) groups is 2. The molecule has 2 N–H and O–H groups in total. The number of carboxylic acids is 1. The normalized spacial score (nSPS) is 23.7. The Morgan fingerprint density at radius 2 is 1.52 bits per heavy atom. The fourth-order valence-electron chi connectivity index (χ4n) is 4.16. The molecule has 0 atom stereocenters. The van der Waals surface area contributed by atoms with Crippen molar-refractivity contribution >= 4 is 11.9 Å². The van der Waals surface area contributed by atoms with Gasteiger partial charge in [-0.25, -0.2) is 0 Å². The van der Waals surface area contributed by atoms with Crippen molar-refractivity contribution in [2.45, 2.75) is 77.6 Å². The summed E-state index contributed by atoms with van der Waals surface area (Å²) >= 11 is 0. The van der Waals surface area contributed by atoms with E-state index in [4.69, 9.17) is 5.11 Å². The summed E-state index contributed by atoms with van der Waals surface area (Å²) in [6.45, 7) is 3.00. The van der Waals surface area contributed by atoms with E-state index in [1.807, 2.05) is 0 Å². The Morgan fingerprint density at radius 1 is 0.952 bits per heavy atom. The first-order chi connectivity index (χ1) is 9.93. The molecular weight excluding hydrogens is 266 g/mol. The standard InChI is InChI=1S/C17H29NO3/c1-16(7-3-2-4-8-16)13-18-14(19)11-17(12-15(20)21)9-5-6-10-17/h2-13H2,1H3,(H,18,19)(H,20,21). The van der Waals surface area contributed by atoms with Crippen LogP contribution in [-0.2, 0) is 9.59 Å². The number of amides is 1. The number of aliphatic carboxylic acids is 1. The van der Waals surface area contributed by atoms with Crippen LogP contribution < -0.4 is 5.32 Å². The summed E-state index contributed by atoms with van der Waals surface area (Å²) in [5.41, 5.74) is -0.0487. The summed E-state index contributed by atoms with van der Waals surface area (Å²) in [6.07, 6.45) is 10.6. The number of nitrogens with one attached hydrogen (secondary N) is 1. The molecule has 0 unspecified atom stereocenters. The molecule has 0 saturated heterocycles. The van der Waals surface area contributed by atoms with E-state index in [2.05, 4.69) is 12.2 Å². The van der Waals surface area contributed by atoms with Crippen molar-refractivity contribution in [3.05, 3.63) is 0 Å². The van der Waals surface area contributed by atoms with E-state index in [-0.39, 0.29) is 23.2 Å². The second-order valence-electron chi connectivity index (χ2n) is 7.60. The number of rotatable bonds is 6. The monoisotopic (exact) mass is 295 g/mol. The predicted molar refractivity (Wildman–Crippen MR) is 82.0 cm³/mol. The highest BCUT2D eigenvalue weighted by molar-refractivity contribution is 5.78. The van der Waals surface area contributed by atoms with Gasteiger partial charge in [0.25, 0.3) is 0 Å². The first kappa shape index (κ1) is 16.3. The first-order valence-electron chi connectivity index (χ1n) is 8.42. The van der Waals surface area contributed by atoms with Gasteiger partial charge in [0.05, 0.1) is 6.42 Å². The molecule has 4 nitrogen and oxygen atoms in total. The molecule has 0 aromatic heterocycles. The van der Waals surface area contributed by atoms with E-state index in [9.17, 15) is 9.59 Å². The summed E-state index contributed by atoms with van der Waals surface area (Å²) in [5, 5.41) is 12.2. The molecule has 2 saturated carbocycles. The zero-order valence-corrected chi connectivity index (χ0v) is 13.2. The van der Waals surface area contributed by atoms with Crippen LogP contribution >= 0.6 is 0 Å². The van der Waals surface area contributed by atoms with Crippen molar-refractivity contribution < 1.29 is 14.7 Å². The molecular formula is C17H29NO3. The average Bonchev–Trinajstić information content (AvgIpc) is 2.85. The minimum Gasteiger partial charge on any atom is -0.481 e. The van der Waals surface area contributed by atoms with Crippen LogP contribution in [0.2, 0.25) is 0 Å². The zero-order valence-electron chi connectivity index (χ0n) is 13.2. The maximum Gasteiger partial charge on any atom is 0.303 e. The van der Waals surface area contributed by atoms with Crippen molar-refractivity contribution in [2.75, 3.05) is 6.54 Å². The van der Waals surface area contributed by atoms with E-state index in [0.717, 1.165) is 32.2 Å². The van der Waals surface area contributed by atoms with E-state index in [0.29, 0.717) is 6.42 Å². The lowest BCUT2D eigenvalue weighted by Crippen LogP contribution is -2.39. The molecule has 0 aromatic carbocycles. The predicted octanol–water partition coefficient (Wildman–Crippen LogP) is 3.50. The minimum atomic E-state index is -0.774. The van der Waals surface area contributed by atoms with E-state index in [1.54, 1.807) is 0 Å². The van der Waals surface area contributed by atoms with E-state index >= 15 is 0 Å². The molecule has 2 rings (SSSR count). The lowest BCUT2D eigenvalue weighted by atomic mass is 9.75. The molecule has 2 aliphatic rings. The fourth-order valence-corrected chi connectivity index (χ4v) is 4.16. The third kappa shape index (κ3) is 4.72. The molecule has 0 aliphatic heterocycles.